The summed E-state index contributed by atoms with van der Waals surface area (Å²) in [5, 5.41) is 5.76. The molecule has 1 unspecified atom stereocenters. The SMILES string of the molecule is Cc1ccc(C(=O)NC(=S)NC2CCCCC2=O)cc1. The fraction of sp³-hybridized carbons (Fsp3) is 0.400. The molecule has 0 aliphatic heterocycles. The van der Waals surface area contributed by atoms with Crippen LogP contribution in [-0.4, -0.2) is 22.8 Å². The molecule has 2 rings (SSSR count). The lowest BCUT2D eigenvalue weighted by molar-refractivity contribution is -0.122. The second-order valence-corrected chi connectivity index (χ2v) is 5.47. The fourth-order valence-electron chi connectivity index (χ4n) is 2.21. The normalized spacial score (nSPS) is 18.4. The number of benzene rings is 1. The summed E-state index contributed by atoms with van der Waals surface area (Å²) in [7, 11) is 0. The van der Waals surface area contributed by atoms with E-state index in [0.29, 0.717) is 12.0 Å². The molecule has 0 heterocycles. The lowest BCUT2D eigenvalue weighted by Gasteiger charge is -2.22. The molecule has 1 aliphatic rings. The van der Waals surface area contributed by atoms with Crippen LogP contribution in [0, 0.1) is 6.92 Å². The number of hydrogen-bond acceptors (Lipinski definition) is 3. The van der Waals surface area contributed by atoms with Gasteiger partial charge in [0.05, 0.1) is 6.04 Å². The highest BCUT2D eigenvalue weighted by molar-refractivity contribution is 7.80. The predicted molar refractivity (Wildman–Crippen MR) is 81.6 cm³/mol. The van der Waals surface area contributed by atoms with Crippen LogP contribution in [0.15, 0.2) is 24.3 Å². The van der Waals surface area contributed by atoms with Crippen LogP contribution in [0.5, 0.6) is 0 Å². The van der Waals surface area contributed by atoms with Crippen LogP contribution in [-0.2, 0) is 4.79 Å². The summed E-state index contributed by atoms with van der Waals surface area (Å²) in [5.74, 6) is -0.0889. The van der Waals surface area contributed by atoms with Gasteiger partial charge in [-0.25, -0.2) is 0 Å². The summed E-state index contributed by atoms with van der Waals surface area (Å²) >= 11 is 5.09. The molecule has 0 radical (unpaired) electrons. The molecule has 5 heteroatoms. The van der Waals surface area contributed by atoms with E-state index >= 15 is 0 Å². The van der Waals surface area contributed by atoms with Crippen LogP contribution >= 0.6 is 12.2 Å². The number of amides is 1. The maximum atomic E-state index is 12.0. The Morgan fingerprint density at radius 2 is 1.95 bits per heavy atom. The van der Waals surface area contributed by atoms with Crippen molar-refractivity contribution in [3.8, 4) is 0 Å². The van der Waals surface area contributed by atoms with Gasteiger partial charge in [-0.15, -0.1) is 0 Å². The Bertz CT molecular complexity index is 525. The van der Waals surface area contributed by atoms with Gasteiger partial charge in [0.15, 0.2) is 10.9 Å². The molecule has 0 spiro atoms. The monoisotopic (exact) mass is 290 g/mol. The molecule has 1 fully saturated rings. The first-order valence-electron chi connectivity index (χ1n) is 6.77. The molecule has 1 aromatic rings. The maximum absolute atomic E-state index is 12.0. The minimum atomic E-state index is -0.259. The van der Waals surface area contributed by atoms with Crippen molar-refractivity contribution in [3.63, 3.8) is 0 Å². The quantitative estimate of drug-likeness (QED) is 0.819. The molecule has 1 atom stereocenters. The van der Waals surface area contributed by atoms with Gasteiger partial charge in [0.2, 0.25) is 0 Å². The van der Waals surface area contributed by atoms with Crippen molar-refractivity contribution in [2.45, 2.75) is 38.6 Å². The number of ketones is 1. The van der Waals surface area contributed by atoms with Crippen molar-refractivity contribution < 1.29 is 9.59 Å². The molecule has 20 heavy (non-hydrogen) atoms. The van der Waals surface area contributed by atoms with E-state index in [1.165, 1.54) is 0 Å². The second kappa shape index (κ2) is 6.61. The Hall–Kier alpha value is -1.75. The van der Waals surface area contributed by atoms with Crippen molar-refractivity contribution in [1.82, 2.24) is 10.6 Å². The molecule has 0 aromatic heterocycles. The van der Waals surface area contributed by atoms with E-state index in [2.05, 4.69) is 10.6 Å². The minimum Gasteiger partial charge on any atom is -0.353 e. The molecule has 1 saturated carbocycles. The van der Waals surface area contributed by atoms with E-state index in [1.54, 1.807) is 12.1 Å². The zero-order valence-corrected chi connectivity index (χ0v) is 12.3. The average Bonchev–Trinajstić information content (AvgIpc) is 2.42. The summed E-state index contributed by atoms with van der Waals surface area (Å²) in [4.78, 5) is 23.7. The first-order valence-corrected chi connectivity index (χ1v) is 7.18. The van der Waals surface area contributed by atoms with Gasteiger partial charge in [-0.05, 0) is 44.1 Å². The maximum Gasteiger partial charge on any atom is 0.257 e. The lowest BCUT2D eigenvalue weighted by Crippen LogP contribution is -2.48. The van der Waals surface area contributed by atoms with E-state index in [4.69, 9.17) is 12.2 Å². The minimum absolute atomic E-state index is 0.170. The highest BCUT2D eigenvalue weighted by Crippen LogP contribution is 2.14. The third-order valence-electron chi connectivity index (χ3n) is 3.40. The number of carbonyl (C=O) groups excluding carboxylic acids is 2. The van der Waals surface area contributed by atoms with Gasteiger partial charge < -0.3 is 5.32 Å². The predicted octanol–water partition coefficient (Wildman–Crippen LogP) is 2.11. The van der Waals surface area contributed by atoms with Crippen molar-refractivity contribution in [3.05, 3.63) is 35.4 Å². The van der Waals surface area contributed by atoms with Crippen LogP contribution in [0.4, 0.5) is 0 Å². The number of carbonyl (C=O) groups is 2. The number of Topliss-reactive ketones (excluding diaryl/α,β-unsaturated/α-hetero) is 1. The molecule has 4 nitrogen and oxygen atoms in total. The first kappa shape index (κ1) is 14.7. The van der Waals surface area contributed by atoms with Crippen molar-refractivity contribution in [1.29, 1.82) is 0 Å². The van der Waals surface area contributed by atoms with Crippen molar-refractivity contribution >= 4 is 29.0 Å². The van der Waals surface area contributed by atoms with Crippen molar-refractivity contribution in [2.75, 3.05) is 0 Å². The zero-order valence-electron chi connectivity index (χ0n) is 11.4. The molecule has 1 amide bonds. The Labute approximate surface area is 123 Å². The summed E-state index contributed by atoms with van der Waals surface area (Å²) in [6, 6.07) is 6.99. The highest BCUT2D eigenvalue weighted by atomic mass is 32.1. The van der Waals surface area contributed by atoms with Crippen LogP contribution in [0.2, 0.25) is 0 Å². The Kier molecular flexibility index (Phi) is 4.84. The van der Waals surface area contributed by atoms with E-state index in [0.717, 1.165) is 24.8 Å². The third-order valence-corrected chi connectivity index (χ3v) is 3.62. The second-order valence-electron chi connectivity index (χ2n) is 5.06. The van der Waals surface area contributed by atoms with E-state index in [9.17, 15) is 9.59 Å². The van der Waals surface area contributed by atoms with Gasteiger partial charge in [-0.3, -0.25) is 14.9 Å². The largest absolute Gasteiger partial charge is 0.353 e. The summed E-state index contributed by atoms with van der Waals surface area (Å²) in [6.07, 6.45) is 3.32. The topological polar surface area (TPSA) is 58.2 Å². The number of thiocarbonyl (C=S) groups is 1. The van der Waals surface area contributed by atoms with Crippen LogP contribution in [0.3, 0.4) is 0 Å². The number of aryl methyl sites for hydroxylation is 1. The highest BCUT2D eigenvalue weighted by Gasteiger charge is 2.23. The molecule has 1 aromatic carbocycles. The lowest BCUT2D eigenvalue weighted by atomic mass is 9.94. The van der Waals surface area contributed by atoms with Gasteiger partial charge in [0.25, 0.3) is 5.91 Å². The summed E-state index contributed by atoms with van der Waals surface area (Å²) in [5.41, 5.74) is 1.64. The Morgan fingerprint density at radius 1 is 1.25 bits per heavy atom. The van der Waals surface area contributed by atoms with Crippen LogP contribution in [0.25, 0.3) is 0 Å². The first-order chi connectivity index (χ1) is 9.56. The molecule has 0 bridgehead atoms. The van der Waals surface area contributed by atoms with Gasteiger partial charge >= 0.3 is 0 Å². The van der Waals surface area contributed by atoms with Gasteiger partial charge in [-0.2, -0.15) is 0 Å². The molecular formula is C15H18N2O2S. The summed E-state index contributed by atoms with van der Waals surface area (Å²) in [6.45, 7) is 1.96. The standard InChI is InChI=1S/C15H18N2O2S/c1-10-6-8-11(9-7-10)14(19)17-15(20)16-12-4-2-3-5-13(12)18/h6-9,12H,2-5H2,1H3,(H2,16,17,19,20). The smallest absolute Gasteiger partial charge is 0.257 e. The molecule has 1 aliphatic carbocycles. The Balaban J connectivity index is 1.89. The van der Waals surface area contributed by atoms with Gasteiger partial charge in [0.1, 0.15) is 0 Å². The van der Waals surface area contributed by atoms with Crippen LogP contribution < -0.4 is 10.6 Å². The van der Waals surface area contributed by atoms with E-state index in [1.807, 2.05) is 19.1 Å². The van der Waals surface area contributed by atoms with Gasteiger partial charge in [0, 0.05) is 12.0 Å². The summed E-state index contributed by atoms with van der Waals surface area (Å²) < 4.78 is 0. The third kappa shape index (κ3) is 3.87. The number of hydrogen-bond donors (Lipinski definition) is 2. The van der Waals surface area contributed by atoms with E-state index < -0.39 is 0 Å². The number of nitrogens with one attached hydrogen (secondary N) is 2. The van der Waals surface area contributed by atoms with Gasteiger partial charge in [-0.1, -0.05) is 24.1 Å². The molecule has 2 N–H and O–H groups in total. The Morgan fingerprint density at radius 3 is 2.60 bits per heavy atom. The fourth-order valence-corrected chi connectivity index (χ4v) is 2.45. The molecule has 0 saturated heterocycles. The van der Waals surface area contributed by atoms with Crippen molar-refractivity contribution in [2.24, 2.45) is 0 Å². The van der Waals surface area contributed by atoms with Crippen LogP contribution in [0.1, 0.15) is 41.6 Å². The number of rotatable bonds is 2. The zero-order chi connectivity index (χ0) is 14.5. The average molecular weight is 290 g/mol. The van der Waals surface area contributed by atoms with E-state index in [-0.39, 0.29) is 22.8 Å². The molecular weight excluding hydrogens is 272 g/mol. The molecule has 106 valence electrons.